The number of aryl methyl sites for hydroxylation is 2. The van der Waals surface area contributed by atoms with Crippen molar-refractivity contribution in [3.63, 3.8) is 0 Å². The van der Waals surface area contributed by atoms with Crippen LogP contribution >= 0.6 is 11.6 Å². The maximum absolute atomic E-state index is 13.4. The van der Waals surface area contributed by atoms with E-state index >= 15 is 0 Å². The summed E-state index contributed by atoms with van der Waals surface area (Å²) >= 11 is 5.84. The number of morpholine rings is 1. The molecule has 0 radical (unpaired) electrons. The Morgan fingerprint density at radius 3 is 3.00 bits per heavy atom. The molecule has 1 aromatic carbocycles. The van der Waals surface area contributed by atoms with Crippen LogP contribution in [-0.2, 0) is 11.2 Å². The van der Waals surface area contributed by atoms with Crippen LogP contribution in [-0.4, -0.2) is 25.8 Å². The van der Waals surface area contributed by atoms with Crippen LogP contribution in [0.25, 0.3) is 0 Å². The van der Waals surface area contributed by atoms with Gasteiger partial charge in [-0.05, 0) is 43.4 Å². The molecule has 1 N–H and O–H groups in total. The number of hydrogen-bond donors (Lipinski definition) is 1. The first-order valence-electron chi connectivity index (χ1n) is 6.42. The number of halogens is 2. The van der Waals surface area contributed by atoms with E-state index in [1.54, 1.807) is 13.0 Å². The fourth-order valence-electron chi connectivity index (χ4n) is 2.30. The van der Waals surface area contributed by atoms with Gasteiger partial charge >= 0.3 is 0 Å². The van der Waals surface area contributed by atoms with Gasteiger partial charge in [0.2, 0.25) is 0 Å². The Kier molecular flexibility index (Phi) is 4.98. The molecular weight excluding hydrogens is 253 g/mol. The maximum atomic E-state index is 13.4. The van der Waals surface area contributed by atoms with Crippen LogP contribution in [0.1, 0.15) is 24.0 Å². The van der Waals surface area contributed by atoms with Gasteiger partial charge in [0, 0.05) is 12.6 Å². The molecule has 1 heterocycles. The lowest BCUT2D eigenvalue weighted by atomic mass is 10.0. The zero-order chi connectivity index (χ0) is 13.0. The topological polar surface area (TPSA) is 21.3 Å². The fourth-order valence-corrected chi connectivity index (χ4v) is 2.59. The summed E-state index contributed by atoms with van der Waals surface area (Å²) in [5, 5.41) is 3.65. The Balaban J connectivity index is 1.82. The summed E-state index contributed by atoms with van der Waals surface area (Å²) in [7, 11) is 0. The van der Waals surface area contributed by atoms with E-state index < -0.39 is 0 Å². The Morgan fingerprint density at radius 1 is 1.50 bits per heavy atom. The second-order valence-electron chi connectivity index (χ2n) is 4.83. The molecule has 0 aliphatic carbocycles. The zero-order valence-corrected chi connectivity index (χ0v) is 11.4. The van der Waals surface area contributed by atoms with Crippen LogP contribution in [0, 0.1) is 12.7 Å². The molecule has 100 valence electrons. The Hall–Kier alpha value is -0.640. The Labute approximate surface area is 112 Å². The first-order chi connectivity index (χ1) is 8.66. The van der Waals surface area contributed by atoms with Crippen molar-refractivity contribution in [2.24, 2.45) is 0 Å². The van der Waals surface area contributed by atoms with Crippen molar-refractivity contribution in [3.05, 3.63) is 34.1 Å². The van der Waals surface area contributed by atoms with E-state index in [1.165, 1.54) is 0 Å². The second kappa shape index (κ2) is 6.50. The summed E-state index contributed by atoms with van der Waals surface area (Å²) in [4.78, 5) is 0. The van der Waals surface area contributed by atoms with Gasteiger partial charge in [-0.2, -0.15) is 0 Å². The monoisotopic (exact) mass is 271 g/mol. The van der Waals surface area contributed by atoms with Gasteiger partial charge in [0.05, 0.1) is 18.2 Å². The smallest absolute Gasteiger partial charge is 0.144 e. The third-order valence-electron chi connectivity index (χ3n) is 3.29. The van der Waals surface area contributed by atoms with Gasteiger partial charge in [-0.15, -0.1) is 0 Å². The Bertz CT molecular complexity index is 382. The second-order valence-corrected chi connectivity index (χ2v) is 5.23. The summed E-state index contributed by atoms with van der Waals surface area (Å²) in [6.07, 6.45) is 3.06. The van der Waals surface area contributed by atoms with Gasteiger partial charge in [-0.3, -0.25) is 0 Å². The summed E-state index contributed by atoms with van der Waals surface area (Å²) in [5.41, 5.74) is 1.73. The van der Waals surface area contributed by atoms with Crippen molar-refractivity contribution in [3.8, 4) is 0 Å². The molecule has 0 amide bonds. The van der Waals surface area contributed by atoms with Gasteiger partial charge in [0.15, 0.2) is 0 Å². The summed E-state index contributed by atoms with van der Waals surface area (Å²) < 4.78 is 18.8. The van der Waals surface area contributed by atoms with Crippen LogP contribution in [0.4, 0.5) is 4.39 Å². The molecule has 18 heavy (non-hydrogen) atoms. The fraction of sp³-hybridized carbons (Fsp3) is 0.571. The number of nitrogens with one attached hydrogen (secondary N) is 1. The zero-order valence-electron chi connectivity index (χ0n) is 10.6. The van der Waals surface area contributed by atoms with E-state index in [4.69, 9.17) is 16.3 Å². The third kappa shape index (κ3) is 3.67. The minimum Gasteiger partial charge on any atom is -0.379 e. The highest BCUT2D eigenvalue weighted by atomic mass is 35.5. The highest BCUT2D eigenvalue weighted by Gasteiger charge is 2.12. The number of rotatable bonds is 4. The molecule has 1 unspecified atom stereocenters. The first-order valence-corrected chi connectivity index (χ1v) is 6.80. The average Bonchev–Trinajstić information content (AvgIpc) is 2.37. The normalized spacial score (nSPS) is 20.1. The average molecular weight is 272 g/mol. The third-order valence-corrected chi connectivity index (χ3v) is 3.56. The van der Waals surface area contributed by atoms with Crippen LogP contribution in [0.2, 0.25) is 5.02 Å². The van der Waals surface area contributed by atoms with Gasteiger partial charge in [-0.1, -0.05) is 17.7 Å². The predicted molar refractivity (Wildman–Crippen MR) is 71.7 cm³/mol. The number of hydrogen-bond acceptors (Lipinski definition) is 2. The molecule has 0 aromatic heterocycles. The molecule has 1 atom stereocenters. The summed E-state index contributed by atoms with van der Waals surface area (Å²) in [5.74, 6) is -0.303. The van der Waals surface area contributed by atoms with E-state index in [0.29, 0.717) is 11.6 Å². The molecule has 0 spiro atoms. The number of ether oxygens (including phenoxy) is 1. The van der Waals surface area contributed by atoms with Gasteiger partial charge in [0.25, 0.3) is 0 Å². The SMILES string of the molecule is Cc1cc(CCCC2COCCN2)cc(Cl)c1F. The van der Waals surface area contributed by atoms with E-state index in [-0.39, 0.29) is 10.8 Å². The molecule has 2 rings (SSSR count). The maximum Gasteiger partial charge on any atom is 0.144 e. The van der Waals surface area contributed by atoms with Crippen molar-refractivity contribution >= 4 is 11.6 Å². The van der Waals surface area contributed by atoms with Crippen molar-refractivity contribution < 1.29 is 9.13 Å². The van der Waals surface area contributed by atoms with E-state index in [9.17, 15) is 4.39 Å². The Morgan fingerprint density at radius 2 is 2.33 bits per heavy atom. The lowest BCUT2D eigenvalue weighted by molar-refractivity contribution is 0.0736. The minimum atomic E-state index is -0.303. The minimum absolute atomic E-state index is 0.226. The van der Waals surface area contributed by atoms with Crippen LogP contribution in [0.3, 0.4) is 0 Å². The highest BCUT2D eigenvalue weighted by molar-refractivity contribution is 6.30. The van der Waals surface area contributed by atoms with E-state index in [2.05, 4.69) is 5.32 Å². The quantitative estimate of drug-likeness (QED) is 0.909. The molecule has 1 aliphatic heterocycles. The molecule has 1 aliphatic rings. The van der Waals surface area contributed by atoms with Gasteiger partial charge in [0.1, 0.15) is 5.82 Å². The lowest BCUT2D eigenvalue weighted by Crippen LogP contribution is -2.41. The van der Waals surface area contributed by atoms with Crippen LogP contribution < -0.4 is 5.32 Å². The molecule has 4 heteroatoms. The van der Waals surface area contributed by atoms with E-state index in [0.717, 1.165) is 44.6 Å². The highest BCUT2D eigenvalue weighted by Crippen LogP contribution is 2.21. The molecular formula is C14H19ClFNO. The van der Waals surface area contributed by atoms with Crippen molar-refractivity contribution in [1.29, 1.82) is 0 Å². The molecule has 1 saturated heterocycles. The standard InChI is InChI=1S/C14H19ClFNO/c1-10-7-11(8-13(15)14(10)16)3-2-4-12-9-18-6-5-17-12/h7-8,12,17H,2-6,9H2,1H3. The molecule has 1 aromatic rings. The van der Waals surface area contributed by atoms with E-state index in [1.807, 2.05) is 6.07 Å². The summed E-state index contributed by atoms with van der Waals surface area (Å²) in [6, 6.07) is 4.07. The van der Waals surface area contributed by atoms with Crippen molar-refractivity contribution in [2.45, 2.75) is 32.2 Å². The first kappa shape index (κ1) is 13.8. The lowest BCUT2D eigenvalue weighted by Gasteiger charge is -2.23. The number of benzene rings is 1. The summed E-state index contributed by atoms with van der Waals surface area (Å²) in [6.45, 7) is 4.29. The molecule has 2 nitrogen and oxygen atoms in total. The molecule has 0 bridgehead atoms. The van der Waals surface area contributed by atoms with Gasteiger partial charge < -0.3 is 10.1 Å². The molecule has 0 saturated carbocycles. The van der Waals surface area contributed by atoms with Gasteiger partial charge in [-0.25, -0.2) is 4.39 Å². The van der Waals surface area contributed by atoms with Crippen LogP contribution in [0.15, 0.2) is 12.1 Å². The largest absolute Gasteiger partial charge is 0.379 e. The van der Waals surface area contributed by atoms with Crippen LogP contribution in [0.5, 0.6) is 0 Å². The van der Waals surface area contributed by atoms with Crippen molar-refractivity contribution in [1.82, 2.24) is 5.32 Å². The predicted octanol–water partition coefficient (Wildman–Crippen LogP) is 3.10. The molecule has 1 fully saturated rings. The van der Waals surface area contributed by atoms with Crippen molar-refractivity contribution in [2.75, 3.05) is 19.8 Å².